The molecule has 6 rings (SSSR count). The van der Waals surface area contributed by atoms with Gasteiger partial charge < -0.3 is 19.3 Å². The SMILES string of the molecule is CN1C(=O)[C@@]23C[C@](C)(C#N)[C@H](c4ccc5c(c4)OCO5)N2C(=O)[C@@H]1SS3. The monoisotopic (exact) mass is 389 g/mol. The molecule has 5 aliphatic heterocycles. The first-order chi connectivity index (χ1) is 12.4. The molecular formula is C17H15N3O4S2. The van der Waals surface area contributed by atoms with Gasteiger partial charge >= 0.3 is 0 Å². The Balaban J connectivity index is 1.69. The first-order valence-electron chi connectivity index (χ1n) is 8.17. The molecule has 5 aliphatic rings. The highest BCUT2D eigenvalue weighted by Gasteiger charge is 2.71. The number of likely N-dealkylation sites (N-methyl/N-ethyl adjacent to an activating group) is 1. The van der Waals surface area contributed by atoms with E-state index in [1.807, 2.05) is 19.1 Å². The summed E-state index contributed by atoms with van der Waals surface area (Å²) in [7, 11) is 4.48. The second-order valence-corrected chi connectivity index (χ2v) is 9.72. The molecule has 1 spiro atoms. The minimum absolute atomic E-state index is 0.101. The van der Waals surface area contributed by atoms with Crippen molar-refractivity contribution >= 4 is 33.4 Å². The summed E-state index contributed by atoms with van der Waals surface area (Å²) in [5.74, 6) is 1.03. The lowest BCUT2D eigenvalue weighted by Gasteiger charge is -2.52. The zero-order chi connectivity index (χ0) is 18.3. The van der Waals surface area contributed by atoms with Crippen LogP contribution in [0.2, 0.25) is 0 Å². The third-order valence-corrected chi connectivity index (χ3v) is 8.81. The summed E-state index contributed by atoms with van der Waals surface area (Å²) in [4.78, 5) is 28.4. The topological polar surface area (TPSA) is 82.9 Å². The number of hydrogen-bond acceptors (Lipinski definition) is 7. The zero-order valence-corrected chi connectivity index (χ0v) is 15.7. The molecule has 5 heterocycles. The minimum Gasteiger partial charge on any atom is -0.454 e. The average molecular weight is 389 g/mol. The van der Waals surface area contributed by atoms with Crippen molar-refractivity contribution in [1.82, 2.24) is 9.80 Å². The number of fused-ring (bicyclic) bond motifs is 3. The van der Waals surface area contributed by atoms with E-state index in [0.717, 1.165) is 5.56 Å². The van der Waals surface area contributed by atoms with Gasteiger partial charge in [0.1, 0.15) is 0 Å². The number of nitrogens with zero attached hydrogens (tertiary/aromatic N) is 3. The molecule has 0 unspecified atom stereocenters. The van der Waals surface area contributed by atoms with E-state index in [1.54, 1.807) is 18.0 Å². The Morgan fingerprint density at radius 1 is 1.31 bits per heavy atom. The lowest BCUT2D eigenvalue weighted by atomic mass is 9.79. The molecule has 9 heteroatoms. The number of nitriles is 1. The summed E-state index contributed by atoms with van der Waals surface area (Å²) in [6.45, 7) is 1.98. The van der Waals surface area contributed by atoms with Gasteiger partial charge in [0.15, 0.2) is 21.7 Å². The largest absolute Gasteiger partial charge is 0.454 e. The maximum Gasteiger partial charge on any atom is 0.261 e. The molecule has 2 amide bonds. The lowest BCUT2D eigenvalue weighted by Crippen LogP contribution is -2.69. The standard InChI is InChI=1S/C17H15N3O4S2/c1-16(7-18)6-17-15(22)19(2)14(25-26-17)13(21)20(17)12(16)9-3-4-10-11(5-9)24-8-23-10/h3-5,12,14H,6,8H2,1-2H3/t12-,14-,16+,17-/m0/s1. The van der Waals surface area contributed by atoms with E-state index in [9.17, 15) is 14.9 Å². The molecule has 1 aromatic rings. The summed E-state index contributed by atoms with van der Waals surface area (Å²) in [6.07, 6.45) is 0.301. The van der Waals surface area contributed by atoms with Crippen LogP contribution in [0.15, 0.2) is 18.2 Å². The molecule has 4 fully saturated rings. The molecular weight excluding hydrogens is 374 g/mol. The number of hydrogen-bond donors (Lipinski definition) is 0. The third-order valence-electron chi connectivity index (χ3n) is 5.56. The van der Waals surface area contributed by atoms with Gasteiger partial charge in [-0.15, -0.1) is 0 Å². The van der Waals surface area contributed by atoms with Crippen LogP contribution in [-0.2, 0) is 9.59 Å². The maximum absolute atomic E-state index is 13.2. The molecule has 0 N–H and O–H groups in total. The van der Waals surface area contributed by atoms with Gasteiger partial charge in [-0.1, -0.05) is 27.7 Å². The molecule has 1 aromatic carbocycles. The molecule has 0 radical (unpaired) electrons. The molecule has 134 valence electrons. The van der Waals surface area contributed by atoms with Gasteiger partial charge in [-0.3, -0.25) is 9.59 Å². The third kappa shape index (κ3) is 1.76. The lowest BCUT2D eigenvalue weighted by molar-refractivity contribution is -0.158. The first kappa shape index (κ1) is 16.1. The van der Waals surface area contributed by atoms with Crippen LogP contribution in [0.4, 0.5) is 0 Å². The molecule has 0 saturated carbocycles. The van der Waals surface area contributed by atoms with Crippen LogP contribution in [-0.4, -0.2) is 45.7 Å². The van der Waals surface area contributed by atoms with Gasteiger partial charge in [0.05, 0.1) is 17.5 Å². The summed E-state index contributed by atoms with van der Waals surface area (Å²) < 4.78 is 10.8. The van der Waals surface area contributed by atoms with E-state index >= 15 is 0 Å². The Bertz CT molecular complexity index is 902. The number of amides is 2. The molecule has 0 aromatic heterocycles. The number of benzene rings is 1. The predicted molar refractivity (Wildman–Crippen MR) is 95.0 cm³/mol. The van der Waals surface area contributed by atoms with Crippen molar-refractivity contribution in [3.63, 3.8) is 0 Å². The van der Waals surface area contributed by atoms with Crippen molar-refractivity contribution in [1.29, 1.82) is 5.26 Å². The van der Waals surface area contributed by atoms with E-state index in [2.05, 4.69) is 6.07 Å². The fourth-order valence-electron chi connectivity index (χ4n) is 4.36. The fraction of sp³-hybridized carbons (Fsp3) is 0.471. The van der Waals surface area contributed by atoms with Crippen LogP contribution in [0.25, 0.3) is 0 Å². The summed E-state index contributed by atoms with van der Waals surface area (Å²) in [5.41, 5.74) is -0.0933. The molecule has 0 aliphatic carbocycles. The van der Waals surface area contributed by atoms with Crippen molar-refractivity contribution in [3.05, 3.63) is 23.8 Å². The van der Waals surface area contributed by atoms with E-state index in [4.69, 9.17) is 9.47 Å². The van der Waals surface area contributed by atoms with E-state index in [-0.39, 0.29) is 18.6 Å². The Hall–Kier alpha value is -2.05. The van der Waals surface area contributed by atoms with E-state index in [0.29, 0.717) is 17.9 Å². The predicted octanol–water partition coefficient (Wildman–Crippen LogP) is 2.11. The van der Waals surface area contributed by atoms with Gasteiger partial charge in [0, 0.05) is 13.5 Å². The van der Waals surface area contributed by atoms with Crippen molar-refractivity contribution in [2.45, 2.75) is 29.6 Å². The number of ether oxygens (including phenoxy) is 2. The van der Waals surface area contributed by atoms with Crippen LogP contribution in [0.5, 0.6) is 11.5 Å². The normalized spacial score (nSPS) is 37.1. The van der Waals surface area contributed by atoms with Crippen LogP contribution in [0.1, 0.15) is 24.9 Å². The number of carbonyl (C=O) groups is 2. The van der Waals surface area contributed by atoms with E-state index < -0.39 is 21.7 Å². The van der Waals surface area contributed by atoms with Gasteiger partial charge in [0.2, 0.25) is 6.79 Å². The highest BCUT2D eigenvalue weighted by atomic mass is 33.1. The van der Waals surface area contributed by atoms with Crippen LogP contribution in [0.3, 0.4) is 0 Å². The Labute approximate surface area is 158 Å². The quantitative estimate of drug-likeness (QED) is 0.680. The molecule has 2 bridgehead atoms. The number of piperazine rings is 1. The highest BCUT2D eigenvalue weighted by molar-refractivity contribution is 8.78. The minimum atomic E-state index is -1.03. The zero-order valence-electron chi connectivity index (χ0n) is 14.1. The Morgan fingerprint density at radius 2 is 2.08 bits per heavy atom. The first-order valence-corrected chi connectivity index (χ1v) is 10.4. The fourth-order valence-corrected chi connectivity index (χ4v) is 7.90. The van der Waals surface area contributed by atoms with Crippen molar-refractivity contribution in [2.24, 2.45) is 5.41 Å². The van der Waals surface area contributed by atoms with Crippen molar-refractivity contribution in [3.8, 4) is 17.6 Å². The number of carbonyl (C=O) groups excluding carboxylic acids is 2. The molecule has 26 heavy (non-hydrogen) atoms. The van der Waals surface area contributed by atoms with Crippen LogP contribution >= 0.6 is 21.6 Å². The van der Waals surface area contributed by atoms with Gasteiger partial charge in [0.25, 0.3) is 11.8 Å². The van der Waals surface area contributed by atoms with Crippen LogP contribution in [0, 0.1) is 16.7 Å². The summed E-state index contributed by atoms with van der Waals surface area (Å²) in [6, 6.07) is 7.35. The van der Waals surface area contributed by atoms with Crippen LogP contribution < -0.4 is 9.47 Å². The average Bonchev–Trinajstić information content (AvgIpc) is 3.20. The second-order valence-electron chi connectivity index (χ2n) is 7.16. The molecule has 4 atom stereocenters. The van der Waals surface area contributed by atoms with Crippen molar-refractivity contribution in [2.75, 3.05) is 13.8 Å². The highest BCUT2D eigenvalue weighted by Crippen LogP contribution is 2.66. The molecule has 4 saturated heterocycles. The van der Waals surface area contributed by atoms with Gasteiger partial charge in [-0.25, -0.2) is 0 Å². The Kier molecular flexibility index (Phi) is 3.12. The smallest absolute Gasteiger partial charge is 0.261 e. The van der Waals surface area contributed by atoms with E-state index in [1.165, 1.54) is 26.5 Å². The second kappa shape index (κ2) is 5.02. The Morgan fingerprint density at radius 3 is 2.85 bits per heavy atom. The number of rotatable bonds is 1. The summed E-state index contributed by atoms with van der Waals surface area (Å²) >= 11 is 0. The van der Waals surface area contributed by atoms with Gasteiger partial charge in [-0.2, -0.15) is 5.26 Å². The summed E-state index contributed by atoms with van der Waals surface area (Å²) in [5, 5.41) is 9.43. The maximum atomic E-state index is 13.2. The van der Waals surface area contributed by atoms with Crippen molar-refractivity contribution < 1.29 is 19.1 Å². The molecule has 7 nitrogen and oxygen atoms in total. The van der Waals surface area contributed by atoms with Gasteiger partial charge in [-0.05, 0) is 24.6 Å².